The van der Waals surface area contributed by atoms with Crippen LogP contribution in [-0.4, -0.2) is 51.6 Å². The fourth-order valence-corrected chi connectivity index (χ4v) is 4.00. The van der Waals surface area contributed by atoms with Crippen LogP contribution in [0.1, 0.15) is 102 Å². The van der Waals surface area contributed by atoms with Gasteiger partial charge in [0.25, 0.3) is 0 Å². The van der Waals surface area contributed by atoms with Crippen molar-refractivity contribution in [1.82, 2.24) is 30.6 Å². The summed E-state index contributed by atoms with van der Waals surface area (Å²) in [5.74, 6) is -35.0. The number of rotatable bonds is 6. The molecule has 4 rings (SSSR count). The Hall–Kier alpha value is -2.40. The number of alkyl halides is 21. The molecule has 0 saturated carbocycles. The average Bonchev–Trinajstić information content (AvgIpc) is 3.89. The van der Waals surface area contributed by atoms with Gasteiger partial charge in [0.2, 0.25) is 0 Å². The molecule has 1 aromatic carbocycles. The van der Waals surface area contributed by atoms with Gasteiger partial charge < -0.3 is 30.6 Å². The molecular weight excluding hydrogens is 1250 g/mol. The maximum Gasteiger partial charge on any atom is 1.00 e. The van der Waals surface area contributed by atoms with E-state index in [0.717, 1.165) is 0 Å². The fraction of sp³-hybridized carbons (Fsp3) is 0.595. The SMILES string of the molecule is CC(C)(C)c1cc(C(F)(F)C(F)(F)C(F)(F)F)[n-]n1.CC(C)(C)c1cc(C(F)(F)C(F)(F)C(F)(F)F)n[n-]1.CC(C)(C)c1cc(C(F)(F)C(F)(F)C(F)(F)F)n[n-]1.Cc1ccccc1.[Ag+].[Ag+].[Ag+]. The topological polar surface area (TPSA) is 81.0 Å². The van der Waals surface area contributed by atoms with E-state index in [2.05, 4.69) is 49.6 Å². The van der Waals surface area contributed by atoms with E-state index < -0.39 is 87.4 Å². The number of nitrogens with zero attached hydrogens (tertiary/aromatic N) is 6. The third-order valence-electron chi connectivity index (χ3n) is 8.08. The van der Waals surface area contributed by atoms with Gasteiger partial charge in [-0.1, -0.05) is 122 Å². The van der Waals surface area contributed by atoms with E-state index in [9.17, 15) is 92.2 Å². The van der Waals surface area contributed by atoms with Crippen LogP contribution in [-0.2, 0) is 101 Å². The Morgan fingerprint density at radius 2 is 0.597 bits per heavy atom. The number of aryl methyl sites for hydroxylation is 1. The van der Waals surface area contributed by atoms with Crippen LogP contribution >= 0.6 is 0 Å². The zero-order valence-corrected chi connectivity index (χ0v) is 40.1. The number of benzene rings is 1. The third-order valence-corrected chi connectivity index (χ3v) is 8.08. The van der Waals surface area contributed by atoms with Crippen LogP contribution in [0.15, 0.2) is 48.5 Å². The van der Waals surface area contributed by atoms with Crippen LogP contribution in [0.5, 0.6) is 0 Å². The van der Waals surface area contributed by atoms with E-state index >= 15 is 0 Å². The van der Waals surface area contributed by atoms with Crippen molar-refractivity contribution in [3.8, 4) is 0 Å². The molecule has 0 saturated heterocycles. The summed E-state index contributed by atoms with van der Waals surface area (Å²) in [6, 6.07) is 11.6. The van der Waals surface area contributed by atoms with Crippen molar-refractivity contribution in [2.75, 3.05) is 0 Å². The molecule has 4 aromatic rings. The van der Waals surface area contributed by atoms with Gasteiger partial charge in [0.05, 0.1) is 11.4 Å². The predicted octanol–water partition coefficient (Wildman–Crippen LogP) is 12.9. The molecule has 67 heavy (non-hydrogen) atoms. The summed E-state index contributed by atoms with van der Waals surface area (Å²) in [6.07, 6.45) is -19.1. The van der Waals surface area contributed by atoms with Crippen LogP contribution < -0.4 is 15.3 Å². The smallest absolute Gasteiger partial charge is 0.578 e. The first-order valence-corrected chi connectivity index (χ1v) is 17.6. The van der Waals surface area contributed by atoms with Gasteiger partial charge in [-0.3, -0.25) is 0 Å². The van der Waals surface area contributed by atoms with Crippen molar-refractivity contribution in [3.05, 3.63) is 88.3 Å². The van der Waals surface area contributed by atoms with Gasteiger partial charge in [-0.05, 0) is 17.8 Å². The van der Waals surface area contributed by atoms with Gasteiger partial charge in [0.1, 0.15) is 0 Å². The summed E-state index contributed by atoms with van der Waals surface area (Å²) in [5.41, 5.74) is -6.44. The predicted molar refractivity (Wildman–Crippen MR) is 185 cm³/mol. The van der Waals surface area contributed by atoms with E-state index in [1.54, 1.807) is 0 Å². The molecule has 0 unspecified atom stereocenters. The summed E-state index contributed by atoms with van der Waals surface area (Å²) in [7, 11) is 0. The standard InChI is InChI=1S/3C10H10F7N2.C7H8.3Ag/c3*1-7(2,3)5-4-6(19-18-5)8(11,12)9(13,14)10(15,16)17;1-7-5-3-2-4-6-7;;;/h3*4H,1-3H3;2-6H,1H3;;;/q3*-1;;3*+1. The Kier molecular flexibility index (Phi) is 23.4. The third kappa shape index (κ3) is 16.1. The molecule has 3 heterocycles. The van der Waals surface area contributed by atoms with Gasteiger partial charge >= 0.3 is 121 Å². The average molecular weight is 1290 g/mol. The zero-order chi connectivity index (χ0) is 50.9. The van der Waals surface area contributed by atoms with Crippen molar-refractivity contribution in [2.45, 2.75) is 140 Å². The van der Waals surface area contributed by atoms with Crippen LogP contribution in [0, 0.1) is 6.92 Å². The number of halogens is 21. The van der Waals surface area contributed by atoms with Crippen molar-refractivity contribution in [1.29, 1.82) is 0 Å². The van der Waals surface area contributed by atoms with E-state index in [1.165, 1.54) is 67.9 Å². The monoisotopic (exact) mass is 1290 g/mol. The summed E-state index contributed by atoms with van der Waals surface area (Å²) in [5, 5.41) is 17.9. The first kappa shape index (κ1) is 68.9. The van der Waals surface area contributed by atoms with E-state index in [0.29, 0.717) is 18.2 Å². The molecule has 0 radical (unpaired) electrons. The molecule has 30 heteroatoms. The van der Waals surface area contributed by atoms with Gasteiger partial charge in [0.15, 0.2) is 0 Å². The minimum atomic E-state index is -6.38. The Labute approximate surface area is 415 Å². The van der Waals surface area contributed by atoms with Crippen molar-refractivity contribution < 1.29 is 159 Å². The zero-order valence-electron chi connectivity index (χ0n) is 35.6. The van der Waals surface area contributed by atoms with Gasteiger partial charge in [-0.2, -0.15) is 92.2 Å². The molecule has 0 aliphatic carbocycles. The molecule has 0 aliphatic heterocycles. The summed E-state index contributed by atoms with van der Waals surface area (Å²) >= 11 is 0. The minimum absolute atomic E-state index is 0. The second kappa shape index (κ2) is 22.8. The molecule has 396 valence electrons. The summed E-state index contributed by atoms with van der Waals surface area (Å²) in [6.45, 7) is 15.8. The van der Waals surface area contributed by atoms with E-state index in [1.807, 2.05) is 18.2 Å². The van der Waals surface area contributed by atoms with Crippen LogP contribution in [0.2, 0.25) is 0 Å². The van der Waals surface area contributed by atoms with Crippen molar-refractivity contribution in [2.24, 2.45) is 0 Å². The first-order chi connectivity index (χ1) is 28.0. The van der Waals surface area contributed by atoms with E-state index in [-0.39, 0.29) is 84.2 Å². The molecule has 0 fully saturated rings. The molecule has 0 aliphatic rings. The molecule has 0 bridgehead atoms. The molecule has 0 atom stereocenters. The van der Waals surface area contributed by atoms with Gasteiger partial charge in [-0.25, -0.2) is 0 Å². The normalized spacial score (nSPS) is 13.5. The van der Waals surface area contributed by atoms with Crippen LogP contribution in [0.3, 0.4) is 0 Å². The fourth-order valence-electron chi connectivity index (χ4n) is 4.00. The minimum Gasteiger partial charge on any atom is -0.578 e. The van der Waals surface area contributed by atoms with E-state index in [4.69, 9.17) is 0 Å². The Balaban J connectivity index is -0.000000835. The molecule has 0 N–H and O–H groups in total. The molecular formula is C37H38Ag3F21N6. The Bertz CT molecular complexity index is 1880. The van der Waals surface area contributed by atoms with Crippen molar-refractivity contribution >= 4 is 0 Å². The second-order valence-corrected chi connectivity index (χ2v) is 16.7. The van der Waals surface area contributed by atoms with Gasteiger partial charge in [-0.15, -0.1) is 11.4 Å². The Morgan fingerprint density at radius 3 is 0.806 bits per heavy atom. The number of hydrogen-bond acceptors (Lipinski definition) is 3. The summed E-state index contributed by atoms with van der Waals surface area (Å²) in [4.78, 5) is 0. The quantitative estimate of drug-likeness (QED) is 0.141. The molecule has 0 amide bonds. The maximum atomic E-state index is 13.3. The Morgan fingerprint density at radius 1 is 0.343 bits per heavy atom. The van der Waals surface area contributed by atoms with Gasteiger partial charge in [0, 0.05) is 11.1 Å². The molecule has 0 spiro atoms. The van der Waals surface area contributed by atoms with Crippen LogP contribution in [0.4, 0.5) is 92.2 Å². The van der Waals surface area contributed by atoms with Crippen molar-refractivity contribution in [3.63, 3.8) is 0 Å². The first-order valence-electron chi connectivity index (χ1n) is 17.6. The number of hydrogen-bond donors (Lipinski definition) is 0. The summed E-state index contributed by atoms with van der Waals surface area (Å²) < 4.78 is 264. The van der Waals surface area contributed by atoms with Crippen LogP contribution in [0.25, 0.3) is 0 Å². The number of aromatic nitrogens is 6. The second-order valence-electron chi connectivity index (χ2n) is 16.7. The maximum absolute atomic E-state index is 13.3. The molecule has 6 nitrogen and oxygen atoms in total. The largest absolute Gasteiger partial charge is 1.00 e. The molecule has 3 aromatic heterocycles.